The Hall–Kier alpha value is -3.41. The van der Waals surface area contributed by atoms with Crippen LogP contribution in [0, 0.1) is 0 Å². The fraction of sp³-hybridized carbons (Fsp3) is 0.0769. The molecule has 0 radical (unpaired) electrons. The molecule has 0 spiro atoms. The second kappa shape index (κ2) is 8.61. The highest BCUT2D eigenvalue weighted by Crippen LogP contribution is 2.39. The molecule has 0 N–H and O–H groups in total. The first-order chi connectivity index (χ1) is 15.7. The van der Waals surface area contributed by atoms with Gasteiger partial charge in [-0.15, -0.1) is 11.3 Å². The number of anilines is 1. The second-order valence-electron chi connectivity index (χ2n) is 7.18. The first kappa shape index (κ1) is 20.5. The highest BCUT2D eigenvalue weighted by molar-refractivity contribution is 7.21. The van der Waals surface area contributed by atoms with E-state index in [2.05, 4.69) is 0 Å². The maximum absolute atomic E-state index is 13.5. The number of amidine groups is 1. The van der Waals surface area contributed by atoms with Gasteiger partial charge in [-0.3, -0.25) is 9.69 Å². The van der Waals surface area contributed by atoms with Crippen LogP contribution < -0.4 is 9.64 Å². The quantitative estimate of drug-likeness (QED) is 0.309. The second-order valence-corrected chi connectivity index (χ2v) is 8.61. The van der Waals surface area contributed by atoms with E-state index in [0.29, 0.717) is 23.2 Å². The van der Waals surface area contributed by atoms with Crippen LogP contribution in [-0.4, -0.2) is 18.3 Å². The molecule has 2 heterocycles. The van der Waals surface area contributed by atoms with E-state index in [9.17, 15) is 4.79 Å². The predicted octanol–water partition coefficient (Wildman–Crippen LogP) is 6.79. The van der Waals surface area contributed by atoms with E-state index in [1.807, 2.05) is 85.8 Å². The van der Waals surface area contributed by atoms with Gasteiger partial charge in [0.25, 0.3) is 5.91 Å². The van der Waals surface area contributed by atoms with E-state index in [0.717, 1.165) is 32.0 Å². The summed E-state index contributed by atoms with van der Waals surface area (Å²) in [5, 5.41) is 1.57. The van der Waals surface area contributed by atoms with Crippen molar-refractivity contribution in [3.05, 3.63) is 100 Å². The summed E-state index contributed by atoms with van der Waals surface area (Å²) in [7, 11) is 0. The molecular weight excluding hydrogens is 440 g/mol. The number of carbonyl (C=O) groups excluding carboxylic acids is 1. The number of hydrogen-bond acceptors (Lipinski definition) is 4. The minimum absolute atomic E-state index is 0.186. The number of benzene rings is 3. The monoisotopic (exact) mass is 458 g/mol. The Kier molecular flexibility index (Phi) is 5.52. The molecule has 158 valence electrons. The fourth-order valence-electron chi connectivity index (χ4n) is 3.63. The van der Waals surface area contributed by atoms with Crippen molar-refractivity contribution in [2.75, 3.05) is 11.5 Å². The van der Waals surface area contributed by atoms with Gasteiger partial charge in [0.2, 0.25) is 0 Å². The fourth-order valence-corrected chi connectivity index (χ4v) is 5.12. The van der Waals surface area contributed by atoms with Gasteiger partial charge >= 0.3 is 0 Å². The smallest absolute Gasteiger partial charge is 0.282 e. The molecule has 0 saturated heterocycles. The third-order valence-corrected chi connectivity index (χ3v) is 6.78. The van der Waals surface area contributed by atoms with E-state index in [1.165, 1.54) is 11.3 Å². The molecule has 1 aromatic heterocycles. The summed E-state index contributed by atoms with van der Waals surface area (Å²) in [6.45, 7) is 2.55. The maximum Gasteiger partial charge on any atom is 0.282 e. The number of ether oxygens (including phenoxy) is 1. The van der Waals surface area contributed by atoms with Gasteiger partial charge in [-0.1, -0.05) is 60.1 Å². The molecule has 0 aliphatic carbocycles. The van der Waals surface area contributed by atoms with Crippen molar-refractivity contribution in [1.29, 1.82) is 0 Å². The molecule has 0 atom stereocenters. The van der Waals surface area contributed by atoms with Gasteiger partial charge < -0.3 is 4.74 Å². The average Bonchev–Trinajstić information content (AvgIpc) is 3.33. The number of rotatable bonds is 5. The Bertz CT molecular complexity index is 1360. The number of carbonyl (C=O) groups is 1. The first-order valence-corrected chi connectivity index (χ1v) is 11.5. The van der Waals surface area contributed by atoms with E-state index >= 15 is 0 Å². The number of fused-ring (bicyclic) bond motifs is 1. The van der Waals surface area contributed by atoms with Crippen LogP contribution in [0.25, 0.3) is 16.2 Å². The van der Waals surface area contributed by atoms with Crippen molar-refractivity contribution in [3.63, 3.8) is 0 Å². The molecule has 3 aromatic carbocycles. The van der Waals surface area contributed by atoms with Crippen LogP contribution in [0.5, 0.6) is 5.75 Å². The molecule has 1 aliphatic rings. The van der Waals surface area contributed by atoms with Crippen molar-refractivity contribution in [2.24, 2.45) is 4.99 Å². The maximum atomic E-state index is 13.5. The van der Waals surface area contributed by atoms with E-state index in [1.54, 1.807) is 11.0 Å². The van der Waals surface area contributed by atoms with Crippen LogP contribution in [0.4, 0.5) is 5.69 Å². The van der Waals surface area contributed by atoms with Crippen LogP contribution in [0.1, 0.15) is 17.4 Å². The van der Waals surface area contributed by atoms with Crippen molar-refractivity contribution in [3.8, 4) is 5.75 Å². The number of aliphatic imine (C=N–C) groups is 1. The molecule has 5 rings (SSSR count). The molecular formula is C26H19ClN2O2S. The SMILES string of the molecule is CCOc1ccc(/C=C2/N=C(c3sc4ccccc4c3Cl)N(c3ccccc3)C2=O)cc1. The molecule has 1 amide bonds. The lowest BCUT2D eigenvalue weighted by atomic mass is 10.2. The van der Waals surface area contributed by atoms with Gasteiger partial charge in [-0.05, 0) is 48.9 Å². The molecule has 32 heavy (non-hydrogen) atoms. The topological polar surface area (TPSA) is 41.9 Å². The Morgan fingerprint density at radius 2 is 1.72 bits per heavy atom. The van der Waals surface area contributed by atoms with Crippen LogP contribution in [0.3, 0.4) is 0 Å². The molecule has 4 nitrogen and oxygen atoms in total. The van der Waals surface area contributed by atoms with Crippen LogP contribution >= 0.6 is 22.9 Å². The number of para-hydroxylation sites is 1. The summed E-state index contributed by atoms with van der Waals surface area (Å²) in [5.74, 6) is 1.15. The standard InChI is InChI=1S/C26H19ClN2O2S/c1-2-31-19-14-12-17(13-15-19)16-21-26(30)29(18-8-4-3-5-9-18)25(28-21)24-23(27)20-10-6-7-11-22(20)32-24/h3-16H,2H2,1H3/b21-16+. The molecule has 0 unspecified atom stereocenters. The van der Waals surface area contributed by atoms with Crippen molar-refractivity contribution < 1.29 is 9.53 Å². The summed E-state index contributed by atoms with van der Waals surface area (Å²) in [5.41, 5.74) is 1.98. The van der Waals surface area contributed by atoms with Gasteiger partial charge in [-0.2, -0.15) is 0 Å². The first-order valence-electron chi connectivity index (χ1n) is 10.3. The van der Waals surface area contributed by atoms with Gasteiger partial charge in [0, 0.05) is 10.1 Å². The highest BCUT2D eigenvalue weighted by Gasteiger charge is 2.34. The third-order valence-electron chi connectivity index (χ3n) is 5.11. The number of nitrogens with zero attached hydrogens (tertiary/aromatic N) is 2. The number of hydrogen-bond donors (Lipinski definition) is 0. The van der Waals surface area contributed by atoms with Gasteiger partial charge in [0.1, 0.15) is 11.4 Å². The number of amides is 1. The molecule has 0 fully saturated rings. The van der Waals surface area contributed by atoms with Crippen molar-refractivity contribution in [1.82, 2.24) is 0 Å². The van der Waals surface area contributed by atoms with Gasteiger partial charge in [0.15, 0.2) is 5.84 Å². The number of halogens is 1. The van der Waals surface area contributed by atoms with Gasteiger partial charge in [-0.25, -0.2) is 4.99 Å². The zero-order valence-electron chi connectivity index (χ0n) is 17.3. The molecule has 0 saturated carbocycles. The van der Waals surface area contributed by atoms with Crippen LogP contribution in [0.2, 0.25) is 5.02 Å². The third kappa shape index (κ3) is 3.70. The normalized spacial score (nSPS) is 14.9. The predicted molar refractivity (Wildman–Crippen MR) is 133 cm³/mol. The summed E-state index contributed by atoms with van der Waals surface area (Å²) in [4.78, 5) is 20.6. The zero-order valence-corrected chi connectivity index (χ0v) is 18.9. The zero-order chi connectivity index (χ0) is 22.1. The lowest BCUT2D eigenvalue weighted by Crippen LogP contribution is -2.32. The van der Waals surface area contributed by atoms with Crippen LogP contribution in [-0.2, 0) is 4.79 Å². The largest absolute Gasteiger partial charge is 0.494 e. The Morgan fingerprint density at radius 3 is 2.44 bits per heavy atom. The Balaban J connectivity index is 1.62. The van der Waals surface area contributed by atoms with Crippen molar-refractivity contribution >= 4 is 56.5 Å². The summed E-state index contributed by atoms with van der Waals surface area (Å²) >= 11 is 8.29. The highest BCUT2D eigenvalue weighted by atomic mass is 35.5. The number of thiophene rings is 1. The lowest BCUT2D eigenvalue weighted by molar-refractivity contribution is -0.113. The summed E-state index contributed by atoms with van der Waals surface area (Å²) < 4.78 is 6.56. The van der Waals surface area contributed by atoms with Gasteiger partial charge in [0.05, 0.1) is 22.2 Å². The summed E-state index contributed by atoms with van der Waals surface area (Å²) in [6.07, 6.45) is 1.79. The van der Waals surface area contributed by atoms with E-state index in [-0.39, 0.29) is 5.91 Å². The van der Waals surface area contributed by atoms with Crippen LogP contribution in [0.15, 0.2) is 89.6 Å². The molecule has 1 aliphatic heterocycles. The molecule has 4 aromatic rings. The Labute approximate surface area is 195 Å². The molecule has 0 bridgehead atoms. The average molecular weight is 459 g/mol. The van der Waals surface area contributed by atoms with E-state index < -0.39 is 0 Å². The minimum Gasteiger partial charge on any atom is -0.494 e. The lowest BCUT2D eigenvalue weighted by Gasteiger charge is -2.17. The summed E-state index contributed by atoms with van der Waals surface area (Å²) in [6, 6.07) is 25.1. The minimum atomic E-state index is -0.186. The molecule has 6 heteroatoms. The van der Waals surface area contributed by atoms with E-state index in [4.69, 9.17) is 21.3 Å². The van der Waals surface area contributed by atoms with Crippen molar-refractivity contribution in [2.45, 2.75) is 6.92 Å². The Morgan fingerprint density at radius 1 is 1.00 bits per heavy atom.